The van der Waals surface area contributed by atoms with Crippen LogP contribution in [-0.2, 0) is 4.79 Å². The molecule has 2 unspecified atom stereocenters. The van der Waals surface area contributed by atoms with Crippen LogP contribution in [-0.4, -0.2) is 42.3 Å². The van der Waals surface area contributed by atoms with Crippen molar-refractivity contribution in [2.75, 3.05) is 25.0 Å². The number of rotatable bonds is 4. The van der Waals surface area contributed by atoms with Gasteiger partial charge in [0.1, 0.15) is 0 Å². The molecule has 0 saturated carbocycles. The monoisotopic (exact) mass is 275 g/mol. The van der Waals surface area contributed by atoms with Crippen LogP contribution in [0.2, 0.25) is 0 Å². The van der Waals surface area contributed by atoms with Gasteiger partial charge in [-0.3, -0.25) is 14.5 Å². The van der Waals surface area contributed by atoms with Gasteiger partial charge in [-0.25, -0.2) is 0 Å². The van der Waals surface area contributed by atoms with Gasteiger partial charge in [0.05, 0.1) is 12.2 Å². The maximum Gasteiger partial charge on any atom is 0.238 e. The molecule has 2 rings (SSSR count). The average Bonchev–Trinajstić information content (AvgIpc) is 2.68. The lowest BCUT2D eigenvalue weighted by atomic mass is 10.1. The highest BCUT2D eigenvalue weighted by Crippen LogP contribution is 2.17. The number of anilines is 1. The fourth-order valence-corrected chi connectivity index (χ4v) is 2.52. The quantitative estimate of drug-likeness (QED) is 0.807. The van der Waals surface area contributed by atoms with Gasteiger partial charge in [-0.15, -0.1) is 0 Å². The van der Waals surface area contributed by atoms with Crippen molar-refractivity contribution in [3.8, 4) is 0 Å². The number of para-hydroxylation sites is 1. The zero-order valence-corrected chi connectivity index (χ0v) is 11.9. The van der Waals surface area contributed by atoms with Gasteiger partial charge in [0.25, 0.3) is 0 Å². The van der Waals surface area contributed by atoms with Crippen LogP contribution >= 0.6 is 0 Å². The first-order valence-corrected chi connectivity index (χ1v) is 6.85. The smallest absolute Gasteiger partial charge is 0.238 e. The van der Waals surface area contributed by atoms with Crippen LogP contribution in [0, 0.1) is 5.92 Å². The number of Topliss-reactive ketones (excluding diaryl/α,β-unsaturated/α-hetero) is 1. The molecule has 108 valence electrons. The van der Waals surface area contributed by atoms with Crippen molar-refractivity contribution in [2.24, 2.45) is 11.7 Å². The second-order valence-electron chi connectivity index (χ2n) is 5.49. The predicted molar refractivity (Wildman–Crippen MR) is 78.7 cm³/mol. The Morgan fingerprint density at radius 3 is 2.65 bits per heavy atom. The molecule has 5 heteroatoms. The van der Waals surface area contributed by atoms with E-state index in [0.29, 0.717) is 23.7 Å². The molecule has 1 aliphatic heterocycles. The summed E-state index contributed by atoms with van der Waals surface area (Å²) >= 11 is 0. The van der Waals surface area contributed by atoms with Crippen molar-refractivity contribution in [2.45, 2.75) is 19.9 Å². The summed E-state index contributed by atoms with van der Waals surface area (Å²) in [7, 11) is 0. The summed E-state index contributed by atoms with van der Waals surface area (Å²) in [5, 5.41) is 2.81. The van der Waals surface area contributed by atoms with E-state index in [1.54, 1.807) is 24.3 Å². The molecule has 2 atom stereocenters. The molecule has 1 amide bonds. The third-order valence-electron chi connectivity index (χ3n) is 3.69. The summed E-state index contributed by atoms with van der Waals surface area (Å²) in [4.78, 5) is 25.6. The van der Waals surface area contributed by atoms with Crippen molar-refractivity contribution >= 4 is 17.4 Å². The Kier molecular flexibility index (Phi) is 4.52. The highest BCUT2D eigenvalue weighted by molar-refractivity contribution is 6.04. The van der Waals surface area contributed by atoms with Crippen LogP contribution in [0.25, 0.3) is 0 Å². The lowest BCUT2D eigenvalue weighted by Crippen LogP contribution is -2.34. The minimum atomic E-state index is -0.111. The molecule has 1 fully saturated rings. The van der Waals surface area contributed by atoms with Gasteiger partial charge in [0, 0.05) is 24.7 Å². The fraction of sp³-hybridized carbons (Fsp3) is 0.467. The number of ketones is 1. The molecule has 0 spiro atoms. The number of hydrogen-bond donors (Lipinski definition) is 2. The van der Waals surface area contributed by atoms with E-state index in [1.165, 1.54) is 6.92 Å². The summed E-state index contributed by atoms with van der Waals surface area (Å²) in [5.41, 5.74) is 7.05. The molecular weight excluding hydrogens is 254 g/mol. The molecule has 5 nitrogen and oxygen atoms in total. The SMILES string of the molecule is CC(=O)c1ccccc1NC(=O)CN1CC(C)C(N)C1. The number of nitrogens with two attached hydrogens (primary N) is 1. The molecular formula is C15H21N3O2. The van der Waals surface area contributed by atoms with E-state index in [0.717, 1.165) is 13.1 Å². The van der Waals surface area contributed by atoms with E-state index in [2.05, 4.69) is 12.2 Å². The van der Waals surface area contributed by atoms with E-state index in [-0.39, 0.29) is 17.7 Å². The van der Waals surface area contributed by atoms with Crippen molar-refractivity contribution in [3.63, 3.8) is 0 Å². The predicted octanol–water partition coefficient (Wildman–Crippen LogP) is 1.11. The highest BCUT2D eigenvalue weighted by Gasteiger charge is 2.27. The maximum atomic E-state index is 12.1. The minimum Gasteiger partial charge on any atom is -0.326 e. The van der Waals surface area contributed by atoms with Crippen LogP contribution in [0.4, 0.5) is 5.69 Å². The van der Waals surface area contributed by atoms with Gasteiger partial charge in [-0.1, -0.05) is 19.1 Å². The normalized spacial score (nSPS) is 22.8. The van der Waals surface area contributed by atoms with Crippen molar-refractivity contribution in [1.82, 2.24) is 4.90 Å². The molecule has 1 aliphatic rings. The zero-order chi connectivity index (χ0) is 14.7. The molecule has 0 bridgehead atoms. The Bertz CT molecular complexity index is 506. The zero-order valence-electron chi connectivity index (χ0n) is 11.9. The summed E-state index contributed by atoms with van der Waals surface area (Å²) in [6.07, 6.45) is 0. The average molecular weight is 275 g/mol. The molecule has 1 aromatic carbocycles. The number of nitrogens with one attached hydrogen (secondary N) is 1. The van der Waals surface area contributed by atoms with E-state index >= 15 is 0 Å². The first-order chi connectivity index (χ1) is 9.47. The Labute approximate surface area is 119 Å². The van der Waals surface area contributed by atoms with Crippen LogP contribution in [0.1, 0.15) is 24.2 Å². The molecule has 1 saturated heterocycles. The maximum absolute atomic E-state index is 12.1. The highest BCUT2D eigenvalue weighted by atomic mass is 16.2. The van der Waals surface area contributed by atoms with Gasteiger partial charge in [-0.2, -0.15) is 0 Å². The Hall–Kier alpha value is -1.72. The lowest BCUT2D eigenvalue weighted by molar-refractivity contribution is -0.117. The summed E-state index contributed by atoms with van der Waals surface area (Å²) < 4.78 is 0. The van der Waals surface area contributed by atoms with Crippen LogP contribution in [0.3, 0.4) is 0 Å². The second kappa shape index (κ2) is 6.15. The first kappa shape index (κ1) is 14.7. The second-order valence-corrected chi connectivity index (χ2v) is 5.49. The largest absolute Gasteiger partial charge is 0.326 e. The van der Waals surface area contributed by atoms with Gasteiger partial charge < -0.3 is 11.1 Å². The van der Waals surface area contributed by atoms with Gasteiger partial charge in [0.2, 0.25) is 5.91 Å². The number of likely N-dealkylation sites (tertiary alicyclic amines) is 1. The Morgan fingerprint density at radius 2 is 2.05 bits per heavy atom. The summed E-state index contributed by atoms with van der Waals surface area (Å²) in [5.74, 6) is 0.241. The molecule has 1 aromatic rings. The molecule has 0 aliphatic carbocycles. The molecule has 1 heterocycles. The van der Waals surface area contributed by atoms with E-state index in [1.807, 2.05) is 4.90 Å². The number of carbonyl (C=O) groups excluding carboxylic acids is 2. The molecule has 3 N–H and O–H groups in total. The first-order valence-electron chi connectivity index (χ1n) is 6.85. The third kappa shape index (κ3) is 3.43. The summed E-state index contributed by atoms with van der Waals surface area (Å²) in [6.45, 7) is 5.47. The Balaban J connectivity index is 1.97. The molecule has 0 aromatic heterocycles. The topological polar surface area (TPSA) is 75.4 Å². The van der Waals surface area contributed by atoms with Crippen molar-refractivity contribution < 1.29 is 9.59 Å². The standard InChI is InChI=1S/C15H21N3O2/c1-10-7-18(8-13(10)16)9-15(20)17-14-6-4-3-5-12(14)11(2)19/h3-6,10,13H,7-9,16H2,1-2H3,(H,17,20). The molecule has 20 heavy (non-hydrogen) atoms. The van der Waals surface area contributed by atoms with Crippen LogP contribution < -0.4 is 11.1 Å². The van der Waals surface area contributed by atoms with Gasteiger partial charge >= 0.3 is 0 Å². The number of amides is 1. The number of carbonyl (C=O) groups is 2. The van der Waals surface area contributed by atoms with Crippen molar-refractivity contribution in [1.29, 1.82) is 0 Å². The van der Waals surface area contributed by atoms with E-state index in [9.17, 15) is 9.59 Å². The third-order valence-corrected chi connectivity index (χ3v) is 3.69. The number of nitrogens with zero attached hydrogens (tertiary/aromatic N) is 1. The van der Waals surface area contributed by atoms with Gasteiger partial charge in [-0.05, 0) is 25.0 Å². The summed E-state index contributed by atoms with van der Waals surface area (Å²) in [6, 6.07) is 7.18. The molecule has 0 radical (unpaired) electrons. The van der Waals surface area contributed by atoms with Crippen LogP contribution in [0.5, 0.6) is 0 Å². The van der Waals surface area contributed by atoms with Gasteiger partial charge in [0.15, 0.2) is 5.78 Å². The lowest BCUT2D eigenvalue weighted by Gasteiger charge is -2.15. The number of hydrogen-bond acceptors (Lipinski definition) is 4. The van der Waals surface area contributed by atoms with E-state index < -0.39 is 0 Å². The fourth-order valence-electron chi connectivity index (χ4n) is 2.52. The van der Waals surface area contributed by atoms with E-state index in [4.69, 9.17) is 5.73 Å². The van der Waals surface area contributed by atoms with Crippen molar-refractivity contribution in [3.05, 3.63) is 29.8 Å². The minimum absolute atomic E-state index is 0.0577. The Morgan fingerprint density at radius 1 is 1.35 bits per heavy atom. The van der Waals surface area contributed by atoms with Crippen LogP contribution in [0.15, 0.2) is 24.3 Å². The number of benzene rings is 1.